The minimum Gasteiger partial charge on any atom is -0.444 e. The van der Waals surface area contributed by atoms with Crippen LogP contribution in [0.4, 0.5) is 25.1 Å². The number of aromatic nitrogens is 1. The van der Waals surface area contributed by atoms with Crippen molar-refractivity contribution in [3.05, 3.63) is 12.3 Å². The van der Waals surface area contributed by atoms with Gasteiger partial charge in [0.2, 0.25) is 10.0 Å². The first-order valence-electron chi connectivity index (χ1n) is 12.8. The van der Waals surface area contributed by atoms with Gasteiger partial charge in [-0.3, -0.25) is 0 Å². The van der Waals surface area contributed by atoms with Crippen LogP contribution in [0.15, 0.2) is 17.2 Å². The number of rotatable bonds is 11. The van der Waals surface area contributed by atoms with Crippen LogP contribution in [0.25, 0.3) is 0 Å². The van der Waals surface area contributed by atoms with Crippen LogP contribution in [-0.2, 0) is 19.5 Å². The first kappa shape index (κ1) is 30.3. The number of aliphatic hydroxyl groups is 1. The maximum atomic E-state index is 12.8. The van der Waals surface area contributed by atoms with Crippen molar-refractivity contribution in [3.63, 3.8) is 0 Å². The first-order chi connectivity index (χ1) is 17.8. The zero-order valence-corrected chi connectivity index (χ0v) is 23.1. The van der Waals surface area contributed by atoms with Crippen LogP contribution in [0.1, 0.15) is 52.9 Å². The molecule has 1 amide bonds. The molecule has 1 aliphatic heterocycles. The number of alkyl halides is 2. The molecule has 0 bridgehead atoms. The molecule has 0 unspecified atom stereocenters. The fraction of sp³-hybridized carbons (Fsp3) is 0.750. The van der Waals surface area contributed by atoms with Gasteiger partial charge in [0.25, 0.3) is 6.43 Å². The second kappa shape index (κ2) is 12.7. The van der Waals surface area contributed by atoms with Crippen molar-refractivity contribution in [1.29, 1.82) is 0 Å². The first-order valence-corrected chi connectivity index (χ1v) is 14.3. The minimum absolute atomic E-state index is 0.00530. The Kier molecular flexibility index (Phi) is 10.1. The molecule has 1 saturated carbocycles. The van der Waals surface area contributed by atoms with E-state index in [-0.39, 0.29) is 28.4 Å². The third-order valence-electron chi connectivity index (χ3n) is 6.56. The van der Waals surface area contributed by atoms with E-state index >= 15 is 0 Å². The lowest BCUT2D eigenvalue weighted by Crippen LogP contribution is -2.53. The second-order valence-corrected chi connectivity index (χ2v) is 12.4. The number of methoxy groups -OCH3 is 1. The number of ether oxygens (including phenoxy) is 2. The van der Waals surface area contributed by atoms with Crippen molar-refractivity contribution < 1.29 is 36.6 Å². The normalized spacial score (nSPS) is 19.1. The van der Waals surface area contributed by atoms with E-state index in [1.165, 1.54) is 6.07 Å². The third-order valence-corrected chi connectivity index (χ3v) is 8.00. The summed E-state index contributed by atoms with van der Waals surface area (Å²) in [4.78, 5) is 18.2. The van der Waals surface area contributed by atoms with Crippen LogP contribution in [0, 0.1) is 5.92 Å². The largest absolute Gasteiger partial charge is 0.444 e. The van der Waals surface area contributed by atoms with Gasteiger partial charge in [-0.2, -0.15) is 0 Å². The number of alkyl carbamates (subject to hydrolysis) is 1. The molecule has 0 spiro atoms. The second-order valence-electron chi connectivity index (χ2n) is 10.7. The molecule has 2 heterocycles. The zero-order valence-electron chi connectivity index (χ0n) is 22.2. The number of anilines is 2. The Morgan fingerprint density at radius 2 is 1.89 bits per heavy atom. The van der Waals surface area contributed by atoms with Gasteiger partial charge in [0.15, 0.2) is 0 Å². The highest BCUT2D eigenvalue weighted by atomic mass is 32.2. The average molecular weight is 564 g/mol. The number of amides is 1. The van der Waals surface area contributed by atoms with Crippen LogP contribution in [0.2, 0.25) is 0 Å². The molecule has 3 rings (SSSR count). The molecule has 1 saturated heterocycles. The number of hydrogen-bond donors (Lipinski definition) is 4. The molecule has 2 atom stereocenters. The van der Waals surface area contributed by atoms with Crippen molar-refractivity contribution >= 4 is 27.6 Å². The van der Waals surface area contributed by atoms with Gasteiger partial charge >= 0.3 is 6.09 Å². The topological polar surface area (TPSA) is 142 Å². The number of sulfonamides is 1. The Bertz CT molecular complexity index is 1040. The number of pyridine rings is 1. The molecule has 4 N–H and O–H groups in total. The van der Waals surface area contributed by atoms with Crippen molar-refractivity contribution in [2.24, 2.45) is 5.92 Å². The van der Waals surface area contributed by atoms with Gasteiger partial charge in [0.1, 0.15) is 22.5 Å². The Morgan fingerprint density at radius 1 is 1.24 bits per heavy atom. The molecule has 1 aromatic rings. The van der Waals surface area contributed by atoms with Crippen molar-refractivity contribution in [2.45, 2.75) is 88.2 Å². The van der Waals surface area contributed by atoms with Crippen LogP contribution in [0.3, 0.4) is 0 Å². The maximum Gasteiger partial charge on any atom is 0.408 e. The van der Waals surface area contributed by atoms with Crippen LogP contribution in [0.5, 0.6) is 0 Å². The number of nitrogens with zero attached hydrogens (tertiary/aromatic N) is 2. The Balaban J connectivity index is 1.84. The van der Waals surface area contributed by atoms with Gasteiger partial charge in [-0.05, 0) is 39.5 Å². The Hall–Kier alpha value is -2.29. The predicted molar refractivity (Wildman–Crippen MR) is 138 cm³/mol. The summed E-state index contributed by atoms with van der Waals surface area (Å²) in [6, 6.07) is 0.755. The lowest BCUT2D eigenvalue weighted by molar-refractivity contribution is 0.0366. The summed E-state index contributed by atoms with van der Waals surface area (Å²) in [6.07, 6.45) is 0.854. The quantitative estimate of drug-likeness (QED) is 0.299. The van der Waals surface area contributed by atoms with E-state index in [2.05, 4.69) is 15.6 Å². The van der Waals surface area contributed by atoms with Crippen LogP contribution >= 0.6 is 0 Å². The van der Waals surface area contributed by atoms with Gasteiger partial charge in [-0.25, -0.2) is 31.7 Å². The van der Waals surface area contributed by atoms with Gasteiger partial charge in [0.05, 0.1) is 30.6 Å². The fourth-order valence-corrected chi connectivity index (χ4v) is 5.79. The minimum atomic E-state index is -4.28. The number of nitrogens with one attached hydrogen (secondary N) is 3. The fourth-order valence-electron chi connectivity index (χ4n) is 4.63. The van der Waals surface area contributed by atoms with E-state index in [0.29, 0.717) is 13.1 Å². The van der Waals surface area contributed by atoms with E-state index in [4.69, 9.17) is 9.47 Å². The highest BCUT2D eigenvalue weighted by molar-refractivity contribution is 7.89. The summed E-state index contributed by atoms with van der Waals surface area (Å²) in [5, 5.41) is 16.8. The molecule has 2 fully saturated rings. The molecule has 14 heteroatoms. The maximum absolute atomic E-state index is 12.8. The summed E-state index contributed by atoms with van der Waals surface area (Å²) in [5.74, 6) is 0.155. The smallest absolute Gasteiger partial charge is 0.408 e. The van der Waals surface area contributed by atoms with Crippen LogP contribution < -0.4 is 20.3 Å². The van der Waals surface area contributed by atoms with Gasteiger partial charge < -0.3 is 30.1 Å². The molecule has 11 nitrogen and oxygen atoms in total. The van der Waals surface area contributed by atoms with Crippen molar-refractivity contribution in [3.8, 4) is 0 Å². The lowest BCUT2D eigenvalue weighted by atomic mass is 9.83. The van der Waals surface area contributed by atoms with Crippen LogP contribution in [-0.4, -0.2) is 81.7 Å². The molecule has 1 aromatic heterocycles. The predicted octanol–water partition coefficient (Wildman–Crippen LogP) is 2.66. The van der Waals surface area contributed by atoms with E-state index < -0.39 is 47.0 Å². The Labute approximate surface area is 222 Å². The zero-order chi connectivity index (χ0) is 28.1. The number of carbonyl (C=O) groups is 1. The summed E-state index contributed by atoms with van der Waals surface area (Å²) in [7, 11) is -2.74. The number of halogens is 2. The third kappa shape index (κ3) is 8.35. The summed E-state index contributed by atoms with van der Waals surface area (Å²) >= 11 is 0. The molecule has 1 aliphatic carbocycles. The van der Waals surface area contributed by atoms with E-state index in [1.54, 1.807) is 32.8 Å². The molecular formula is C24H39F2N5O6S. The SMILES string of the molecule is COC1CN(c2cc(N[C@@H](O)[C@@H](NC(=O)OC(C)(C)C)C3CCCCC3)ncc2S(=O)(=O)NCC(F)F)C1. The van der Waals surface area contributed by atoms with E-state index in [0.717, 1.165) is 38.3 Å². The molecule has 2 aliphatic rings. The number of hydrogen-bond acceptors (Lipinski definition) is 9. The Morgan fingerprint density at radius 3 is 2.47 bits per heavy atom. The van der Waals surface area contributed by atoms with E-state index in [9.17, 15) is 27.1 Å². The molecule has 216 valence electrons. The van der Waals surface area contributed by atoms with Crippen molar-refractivity contribution in [1.82, 2.24) is 15.0 Å². The summed E-state index contributed by atoms with van der Waals surface area (Å²) in [5.41, 5.74) is -0.480. The van der Waals surface area contributed by atoms with Crippen molar-refractivity contribution in [2.75, 3.05) is 37.0 Å². The van der Waals surface area contributed by atoms with Gasteiger partial charge in [0, 0.05) is 26.3 Å². The molecule has 0 aromatic carbocycles. The van der Waals surface area contributed by atoms with Gasteiger partial charge in [-0.15, -0.1) is 0 Å². The summed E-state index contributed by atoms with van der Waals surface area (Å²) < 4.78 is 63.5. The lowest BCUT2D eigenvalue weighted by Gasteiger charge is -2.41. The molecule has 0 radical (unpaired) electrons. The van der Waals surface area contributed by atoms with Gasteiger partial charge in [-0.1, -0.05) is 19.3 Å². The molecular weight excluding hydrogens is 524 g/mol. The number of carbonyl (C=O) groups excluding carboxylic acids is 1. The standard InChI is InChI=1S/C24H39F2N5O6S/c1-24(2,3)37-23(33)30-21(15-8-6-5-7-9-15)22(32)29-20-10-17(31-13-16(14-31)36-4)18(11-27-20)38(34,35)28-12-19(25)26/h10-11,15-16,19,21-22,28,32H,5-9,12-14H2,1-4H3,(H,27,29)(H,30,33)/t21-,22-/m0/s1. The highest BCUT2D eigenvalue weighted by Crippen LogP contribution is 2.32. The average Bonchev–Trinajstić information content (AvgIpc) is 2.80. The number of aliphatic hydroxyl groups excluding tert-OH is 1. The van der Waals surface area contributed by atoms with E-state index in [1.807, 2.05) is 4.72 Å². The summed E-state index contributed by atoms with van der Waals surface area (Å²) in [6.45, 7) is 5.00. The monoisotopic (exact) mass is 563 g/mol. The highest BCUT2D eigenvalue weighted by Gasteiger charge is 2.35. The molecule has 38 heavy (non-hydrogen) atoms.